The van der Waals surface area contributed by atoms with Gasteiger partial charge in [0.2, 0.25) is 0 Å². The first-order valence-corrected chi connectivity index (χ1v) is 8.88. The number of hydrogen-bond acceptors (Lipinski definition) is 3. The van der Waals surface area contributed by atoms with Crippen molar-refractivity contribution in [1.29, 1.82) is 0 Å². The lowest BCUT2D eigenvalue weighted by Crippen LogP contribution is -2.45. The summed E-state index contributed by atoms with van der Waals surface area (Å²) in [6.07, 6.45) is 0. The molecule has 2 rings (SSSR count). The van der Waals surface area contributed by atoms with Crippen LogP contribution >= 0.6 is 0 Å². The van der Waals surface area contributed by atoms with E-state index >= 15 is 0 Å². The number of rotatable bonds is 6. The molecule has 22 heavy (non-hydrogen) atoms. The van der Waals surface area contributed by atoms with Crippen molar-refractivity contribution in [2.24, 2.45) is 0 Å². The molecule has 0 unspecified atom stereocenters. The molecule has 0 atom stereocenters. The molecule has 0 aliphatic rings. The predicted molar refractivity (Wildman–Crippen MR) is 92.2 cm³/mol. The van der Waals surface area contributed by atoms with Crippen LogP contribution in [-0.4, -0.2) is 30.1 Å². The molecule has 0 radical (unpaired) electrons. The highest BCUT2D eigenvalue weighted by Gasteiger charge is 2.45. The molecule has 0 aromatic heterocycles. The number of allylic oxidation sites excluding steroid dienone is 1. The Kier molecular flexibility index (Phi) is 5.68. The van der Waals surface area contributed by atoms with Crippen LogP contribution in [-0.2, 0) is 13.3 Å². The fourth-order valence-corrected chi connectivity index (χ4v) is 4.85. The van der Waals surface area contributed by atoms with E-state index in [-0.39, 0.29) is 0 Å². The van der Waals surface area contributed by atoms with Crippen LogP contribution in [0.4, 0.5) is 0 Å². The van der Waals surface area contributed by atoms with E-state index in [9.17, 15) is 0 Å². The van der Waals surface area contributed by atoms with Gasteiger partial charge in [-0.1, -0.05) is 60.7 Å². The van der Waals surface area contributed by atoms with E-state index < -0.39 is 8.80 Å². The van der Waals surface area contributed by atoms with Crippen LogP contribution in [0.15, 0.2) is 60.7 Å². The van der Waals surface area contributed by atoms with Gasteiger partial charge in [-0.05, 0) is 23.6 Å². The van der Waals surface area contributed by atoms with Crippen molar-refractivity contribution in [2.75, 3.05) is 21.3 Å². The summed E-state index contributed by atoms with van der Waals surface area (Å²) >= 11 is 0. The molecule has 0 aliphatic carbocycles. The Labute approximate surface area is 133 Å². The lowest BCUT2D eigenvalue weighted by molar-refractivity contribution is 0.142. The first kappa shape index (κ1) is 16.6. The average Bonchev–Trinajstić information content (AvgIpc) is 2.61. The molecule has 0 fully saturated rings. The lowest BCUT2D eigenvalue weighted by Gasteiger charge is -2.29. The van der Waals surface area contributed by atoms with E-state index in [4.69, 9.17) is 13.3 Å². The molecule has 0 saturated carbocycles. The van der Waals surface area contributed by atoms with Crippen molar-refractivity contribution in [2.45, 2.75) is 6.92 Å². The molecule has 0 bridgehead atoms. The third kappa shape index (κ3) is 3.20. The second-order valence-corrected chi connectivity index (χ2v) is 7.74. The minimum Gasteiger partial charge on any atom is -0.373 e. The van der Waals surface area contributed by atoms with E-state index in [0.717, 1.165) is 21.9 Å². The second kappa shape index (κ2) is 7.51. The quantitative estimate of drug-likeness (QED) is 0.595. The monoisotopic (exact) mass is 314 g/mol. The molecule has 0 spiro atoms. The largest absolute Gasteiger partial charge is 0.537 e. The molecular weight excluding hydrogens is 292 g/mol. The minimum absolute atomic E-state index is 0.992. The summed E-state index contributed by atoms with van der Waals surface area (Å²) in [5.74, 6) is 0. The molecule has 0 aliphatic heterocycles. The Morgan fingerprint density at radius 1 is 0.682 bits per heavy atom. The van der Waals surface area contributed by atoms with Crippen LogP contribution in [0.2, 0.25) is 0 Å². The predicted octanol–water partition coefficient (Wildman–Crippen LogP) is 4.03. The number of hydrogen-bond donors (Lipinski definition) is 0. The third-order valence-electron chi connectivity index (χ3n) is 3.76. The van der Waals surface area contributed by atoms with Crippen molar-refractivity contribution < 1.29 is 13.3 Å². The number of benzene rings is 2. The normalized spacial score (nSPS) is 12.9. The van der Waals surface area contributed by atoms with Gasteiger partial charge >= 0.3 is 8.80 Å². The molecule has 116 valence electrons. The average molecular weight is 314 g/mol. The van der Waals surface area contributed by atoms with Crippen LogP contribution in [0.25, 0.3) is 10.8 Å². The van der Waals surface area contributed by atoms with Crippen LogP contribution in [0, 0.1) is 0 Å². The van der Waals surface area contributed by atoms with Crippen LogP contribution in [0.1, 0.15) is 18.1 Å². The summed E-state index contributed by atoms with van der Waals surface area (Å²) in [7, 11) is 1.96. The zero-order valence-electron chi connectivity index (χ0n) is 13.5. The van der Waals surface area contributed by atoms with E-state index in [0.29, 0.717) is 0 Å². The Bertz CT molecular complexity index is 611. The molecule has 0 saturated heterocycles. The summed E-state index contributed by atoms with van der Waals surface area (Å²) < 4.78 is 17.2. The van der Waals surface area contributed by atoms with Gasteiger partial charge in [0.1, 0.15) is 0 Å². The second-order valence-electron chi connectivity index (χ2n) is 4.90. The Morgan fingerprint density at radius 2 is 1.09 bits per heavy atom. The van der Waals surface area contributed by atoms with Gasteiger partial charge in [-0.3, -0.25) is 0 Å². The van der Waals surface area contributed by atoms with Gasteiger partial charge in [-0.25, -0.2) is 0 Å². The van der Waals surface area contributed by atoms with Crippen LogP contribution in [0.5, 0.6) is 0 Å². The fraction of sp³-hybridized carbons (Fsp3) is 0.222. The zero-order valence-corrected chi connectivity index (χ0v) is 14.5. The Balaban J connectivity index is 2.71. The van der Waals surface area contributed by atoms with Gasteiger partial charge in [-0.15, -0.1) is 0 Å². The summed E-state index contributed by atoms with van der Waals surface area (Å²) in [4.78, 5) is 0. The molecule has 2 aromatic carbocycles. The Morgan fingerprint density at radius 3 is 1.50 bits per heavy atom. The van der Waals surface area contributed by atoms with Gasteiger partial charge < -0.3 is 13.3 Å². The van der Waals surface area contributed by atoms with Crippen molar-refractivity contribution >= 4 is 19.6 Å². The summed E-state index contributed by atoms with van der Waals surface area (Å²) in [5.41, 5.74) is 3.29. The minimum atomic E-state index is -2.95. The standard InChI is InChI=1S/C18H22O3Si/c1-15(16-11-7-5-8-12-16)18(17-13-9-6-10-14-17)22(19-2,20-3)21-4/h5-14H,1-4H3. The SMILES string of the molecule is CO[Si](OC)(OC)C(=C(C)c1ccccc1)c1ccccc1. The maximum atomic E-state index is 5.73. The first-order valence-electron chi connectivity index (χ1n) is 7.16. The van der Waals surface area contributed by atoms with Crippen molar-refractivity contribution in [1.82, 2.24) is 0 Å². The molecule has 0 N–H and O–H groups in total. The summed E-state index contributed by atoms with van der Waals surface area (Å²) in [5, 5.41) is 0.992. The molecule has 4 heteroatoms. The first-order chi connectivity index (χ1) is 10.7. The van der Waals surface area contributed by atoms with E-state index in [1.54, 1.807) is 21.3 Å². The van der Waals surface area contributed by atoms with Gasteiger partial charge in [0.15, 0.2) is 0 Å². The molecular formula is C18H22O3Si. The Hall–Kier alpha value is -1.72. The maximum absolute atomic E-state index is 5.73. The fourth-order valence-electron chi connectivity index (χ4n) is 2.62. The third-order valence-corrected chi connectivity index (χ3v) is 6.65. The molecule has 2 aromatic rings. The van der Waals surface area contributed by atoms with Gasteiger partial charge in [-0.2, -0.15) is 0 Å². The van der Waals surface area contributed by atoms with Crippen molar-refractivity contribution in [3.05, 3.63) is 71.8 Å². The zero-order chi connectivity index (χ0) is 16.0. The van der Waals surface area contributed by atoms with Gasteiger partial charge in [0, 0.05) is 26.5 Å². The maximum Gasteiger partial charge on any atom is 0.537 e. The summed E-state index contributed by atoms with van der Waals surface area (Å²) in [6, 6.07) is 20.3. The molecule has 3 nitrogen and oxygen atoms in total. The van der Waals surface area contributed by atoms with E-state index in [1.807, 2.05) is 36.4 Å². The lowest BCUT2D eigenvalue weighted by atomic mass is 10.0. The highest BCUT2D eigenvalue weighted by molar-refractivity contribution is 6.83. The smallest absolute Gasteiger partial charge is 0.373 e. The molecule has 0 heterocycles. The van der Waals surface area contributed by atoms with Crippen LogP contribution in [0.3, 0.4) is 0 Å². The van der Waals surface area contributed by atoms with Gasteiger partial charge in [0.25, 0.3) is 0 Å². The van der Waals surface area contributed by atoms with Crippen molar-refractivity contribution in [3.8, 4) is 0 Å². The van der Waals surface area contributed by atoms with Crippen molar-refractivity contribution in [3.63, 3.8) is 0 Å². The highest BCUT2D eigenvalue weighted by Crippen LogP contribution is 2.34. The van der Waals surface area contributed by atoms with Crippen LogP contribution < -0.4 is 0 Å². The highest BCUT2D eigenvalue weighted by atomic mass is 28.4. The molecule has 0 amide bonds. The van der Waals surface area contributed by atoms with E-state index in [2.05, 4.69) is 31.2 Å². The topological polar surface area (TPSA) is 27.7 Å². The van der Waals surface area contributed by atoms with E-state index in [1.165, 1.54) is 0 Å². The summed E-state index contributed by atoms with van der Waals surface area (Å²) in [6.45, 7) is 2.08. The van der Waals surface area contributed by atoms with Gasteiger partial charge in [0.05, 0.1) is 0 Å².